The fourth-order valence-corrected chi connectivity index (χ4v) is 2.43. The molecule has 6 nitrogen and oxygen atoms in total. The van der Waals surface area contributed by atoms with Gasteiger partial charge in [0.25, 0.3) is 0 Å². The first-order valence-corrected chi connectivity index (χ1v) is 7.36. The number of ether oxygens (including phenoxy) is 2. The van der Waals surface area contributed by atoms with Crippen LogP contribution in [0.5, 0.6) is 5.88 Å². The van der Waals surface area contributed by atoms with E-state index >= 15 is 0 Å². The summed E-state index contributed by atoms with van der Waals surface area (Å²) >= 11 is 0. The molecule has 1 saturated heterocycles. The number of rotatable bonds is 6. The molecule has 1 aliphatic rings. The zero-order valence-corrected chi connectivity index (χ0v) is 12.3. The maximum atomic E-state index is 6.11. The first-order valence-electron chi connectivity index (χ1n) is 7.36. The second-order valence-electron chi connectivity index (χ2n) is 4.93. The fourth-order valence-electron chi connectivity index (χ4n) is 2.43. The Balaban J connectivity index is 2.08. The molecule has 1 fully saturated rings. The molecule has 20 heavy (non-hydrogen) atoms. The molecule has 1 unspecified atom stereocenters. The Hall–Kier alpha value is -1.56. The molecular weight excluding hydrogens is 256 g/mol. The van der Waals surface area contributed by atoms with Gasteiger partial charge in [-0.25, -0.2) is 4.98 Å². The molecule has 1 aliphatic heterocycles. The van der Waals surface area contributed by atoms with E-state index in [1.54, 1.807) is 0 Å². The topological polar surface area (TPSA) is 73.5 Å². The number of nitrogens with zero attached hydrogens (tertiary/aromatic N) is 3. The summed E-state index contributed by atoms with van der Waals surface area (Å²) in [4.78, 5) is 10.6. The predicted molar refractivity (Wildman–Crippen MR) is 79.1 cm³/mol. The van der Waals surface area contributed by atoms with E-state index in [1.165, 1.54) is 6.33 Å². The van der Waals surface area contributed by atoms with E-state index in [1.807, 2.05) is 6.92 Å². The quantitative estimate of drug-likeness (QED) is 0.857. The van der Waals surface area contributed by atoms with Crippen LogP contribution in [0.4, 0.5) is 11.5 Å². The summed E-state index contributed by atoms with van der Waals surface area (Å²) in [7, 11) is 0. The standard InChI is InChI=1S/C14H24N4O2/c1-3-8-20-11-6-5-7-18(9-11)13-12(15)14(19-4-2)17-10-16-13/h10-11H,3-9,15H2,1-2H3. The highest BCUT2D eigenvalue weighted by Crippen LogP contribution is 2.30. The average Bonchev–Trinajstić information content (AvgIpc) is 2.48. The van der Waals surface area contributed by atoms with Crippen molar-refractivity contribution in [2.45, 2.75) is 39.2 Å². The average molecular weight is 280 g/mol. The van der Waals surface area contributed by atoms with Gasteiger partial charge in [0.1, 0.15) is 12.0 Å². The van der Waals surface area contributed by atoms with Gasteiger partial charge in [-0.3, -0.25) is 0 Å². The third kappa shape index (κ3) is 3.50. The molecule has 2 heterocycles. The lowest BCUT2D eigenvalue weighted by atomic mass is 10.1. The normalized spacial score (nSPS) is 19.1. The van der Waals surface area contributed by atoms with Gasteiger partial charge in [-0.1, -0.05) is 6.92 Å². The van der Waals surface area contributed by atoms with Crippen molar-refractivity contribution in [2.75, 3.05) is 36.9 Å². The van der Waals surface area contributed by atoms with Crippen molar-refractivity contribution < 1.29 is 9.47 Å². The Bertz CT molecular complexity index is 428. The van der Waals surface area contributed by atoms with E-state index in [0.717, 1.165) is 44.8 Å². The fraction of sp³-hybridized carbons (Fsp3) is 0.714. The van der Waals surface area contributed by atoms with Crippen LogP contribution >= 0.6 is 0 Å². The van der Waals surface area contributed by atoms with Gasteiger partial charge in [0.05, 0.1) is 12.7 Å². The molecule has 0 amide bonds. The van der Waals surface area contributed by atoms with E-state index in [-0.39, 0.29) is 6.10 Å². The van der Waals surface area contributed by atoms with Crippen molar-refractivity contribution in [1.82, 2.24) is 9.97 Å². The Labute approximate surface area is 120 Å². The summed E-state index contributed by atoms with van der Waals surface area (Å²) in [5, 5.41) is 0. The van der Waals surface area contributed by atoms with Crippen LogP contribution in [-0.4, -0.2) is 42.4 Å². The number of aromatic nitrogens is 2. The van der Waals surface area contributed by atoms with Gasteiger partial charge in [0.2, 0.25) is 5.88 Å². The summed E-state index contributed by atoms with van der Waals surface area (Å²) in [5.74, 6) is 1.22. The lowest BCUT2D eigenvalue weighted by Gasteiger charge is -2.34. The van der Waals surface area contributed by atoms with E-state index in [4.69, 9.17) is 15.2 Å². The highest BCUT2D eigenvalue weighted by atomic mass is 16.5. The maximum absolute atomic E-state index is 6.11. The zero-order valence-electron chi connectivity index (χ0n) is 12.3. The maximum Gasteiger partial charge on any atom is 0.242 e. The van der Waals surface area contributed by atoms with Crippen molar-refractivity contribution in [2.24, 2.45) is 0 Å². The van der Waals surface area contributed by atoms with Gasteiger partial charge >= 0.3 is 0 Å². The van der Waals surface area contributed by atoms with Crippen molar-refractivity contribution in [3.05, 3.63) is 6.33 Å². The predicted octanol–water partition coefficient (Wildman–Crippen LogP) is 1.85. The number of hydrogen-bond donors (Lipinski definition) is 1. The lowest BCUT2D eigenvalue weighted by Crippen LogP contribution is -2.40. The molecule has 0 aromatic carbocycles. The number of hydrogen-bond acceptors (Lipinski definition) is 6. The summed E-state index contributed by atoms with van der Waals surface area (Å²) in [6, 6.07) is 0. The van der Waals surface area contributed by atoms with E-state index in [0.29, 0.717) is 18.2 Å². The summed E-state index contributed by atoms with van der Waals surface area (Å²) in [6.45, 7) is 7.16. The van der Waals surface area contributed by atoms with Crippen LogP contribution in [0.2, 0.25) is 0 Å². The minimum absolute atomic E-state index is 0.258. The monoisotopic (exact) mass is 280 g/mol. The van der Waals surface area contributed by atoms with Crippen LogP contribution in [0, 0.1) is 0 Å². The summed E-state index contributed by atoms with van der Waals surface area (Å²) in [6.07, 6.45) is 4.99. The van der Waals surface area contributed by atoms with Gasteiger partial charge in [-0.2, -0.15) is 4.98 Å². The Morgan fingerprint density at radius 2 is 2.25 bits per heavy atom. The van der Waals surface area contributed by atoms with Crippen molar-refractivity contribution in [1.29, 1.82) is 0 Å². The molecular formula is C14H24N4O2. The second kappa shape index (κ2) is 7.28. The van der Waals surface area contributed by atoms with Crippen LogP contribution in [0.25, 0.3) is 0 Å². The molecule has 2 rings (SSSR count). The molecule has 0 aliphatic carbocycles. The van der Waals surface area contributed by atoms with Crippen molar-refractivity contribution in [3.63, 3.8) is 0 Å². The van der Waals surface area contributed by atoms with Gasteiger partial charge in [0, 0.05) is 19.7 Å². The Morgan fingerprint density at radius 1 is 1.40 bits per heavy atom. The van der Waals surface area contributed by atoms with Gasteiger partial charge in [-0.15, -0.1) is 0 Å². The molecule has 0 bridgehead atoms. The van der Waals surface area contributed by atoms with Crippen molar-refractivity contribution >= 4 is 11.5 Å². The molecule has 2 N–H and O–H groups in total. The first kappa shape index (κ1) is 14.8. The molecule has 0 radical (unpaired) electrons. The van der Waals surface area contributed by atoms with E-state index in [9.17, 15) is 0 Å². The second-order valence-corrected chi connectivity index (χ2v) is 4.93. The Kier molecular flexibility index (Phi) is 5.40. The minimum atomic E-state index is 0.258. The van der Waals surface area contributed by atoms with E-state index in [2.05, 4.69) is 21.8 Å². The smallest absolute Gasteiger partial charge is 0.242 e. The molecule has 6 heteroatoms. The van der Waals surface area contributed by atoms with Gasteiger partial charge < -0.3 is 20.1 Å². The first-order chi connectivity index (χ1) is 9.76. The Morgan fingerprint density at radius 3 is 3.00 bits per heavy atom. The summed E-state index contributed by atoms with van der Waals surface area (Å²) < 4.78 is 11.3. The highest BCUT2D eigenvalue weighted by Gasteiger charge is 2.24. The molecule has 0 spiro atoms. The summed E-state index contributed by atoms with van der Waals surface area (Å²) in [5.41, 5.74) is 6.63. The van der Waals surface area contributed by atoms with Crippen LogP contribution in [0.1, 0.15) is 33.1 Å². The minimum Gasteiger partial charge on any atom is -0.476 e. The largest absolute Gasteiger partial charge is 0.476 e. The molecule has 1 aromatic heterocycles. The van der Waals surface area contributed by atoms with Gasteiger partial charge in [0.15, 0.2) is 5.82 Å². The third-order valence-electron chi connectivity index (χ3n) is 3.34. The number of piperidine rings is 1. The molecule has 112 valence electrons. The number of nitrogens with two attached hydrogens (primary N) is 1. The van der Waals surface area contributed by atoms with Crippen LogP contribution in [0.15, 0.2) is 6.33 Å². The lowest BCUT2D eigenvalue weighted by molar-refractivity contribution is 0.0439. The zero-order chi connectivity index (χ0) is 14.4. The molecule has 0 saturated carbocycles. The number of nitrogen functional groups attached to an aromatic ring is 1. The highest BCUT2D eigenvalue weighted by molar-refractivity contribution is 5.67. The van der Waals surface area contributed by atoms with Crippen LogP contribution in [0.3, 0.4) is 0 Å². The van der Waals surface area contributed by atoms with Crippen LogP contribution < -0.4 is 15.4 Å². The van der Waals surface area contributed by atoms with E-state index < -0.39 is 0 Å². The number of anilines is 2. The van der Waals surface area contributed by atoms with Crippen molar-refractivity contribution in [3.8, 4) is 5.88 Å². The third-order valence-corrected chi connectivity index (χ3v) is 3.34. The molecule has 1 atom stereocenters. The molecule has 1 aromatic rings. The SMILES string of the molecule is CCCOC1CCCN(c2ncnc(OCC)c2N)C1. The van der Waals surface area contributed by atoms with Crippen LogP contribution in [-0.2, 0) is 4.74 Å². The van der Waals surface area contributed by atoms with Gasteiger partial charge in [-0.05, 0) is 26.2 Å².